The van der Waals surface area contributed by atoms with E-state index in [1.54, 1.807) is 12.1 Å². The first-order valence-electron chi connectivity index (χ1n) is 5.28. The first-order chi connectivity index (χ1) is 8.24. The lowest BCUT2D eigenvalue weighted by molar-refractivity contribution is -0.136. The molecule has 0 aliphatic rings. The molecule has 3 nitrogen and oxygen atoms in total. The fourth-order valence-corrected chi connectivity index (χ4v) is 1.47. The number of rotatable bonds is 4. The second kappa shape index (κ2) is 5.16. The molecule has 2 aromatic rings. The summed E-state index contributed by atoms with van der Waals surface area (Å²) in [4.78, 5) is 10.5. The van der Waals surface area contributed by atoms with Crippen LogP contribution >= 0.6 is 0 Å². The smallest absolute Gasteiger partial charge is 0.311 e. The Morgan fingerprint density at radius 2 is 1.88 bits per heavy atom. The van der Waals surface area contributed by atoms with Crippen molar-refractivity contribution in [2.75, 3.05) is 0 Å². The molecule has 1 N–H and O–H groups in total. The second-order valence-corrected chi connectivity index (χ2v) is 3.62. The van der Waals surface area contributed by atoms with Crippen molar-refractivity contribution in [2.24, 2.45) is 0 Å². The van der Waals surface area contributed by atoms with E-state index >= 15 is 0 Å². The summed E-state index contributed by atoms with van der Waals surface area (Å²) in [5.74, 6) is 0.230. The van der Waals surface area contributed by atoms with Gasteiger partial charge in [0, 0.05) is 0 Å². The summed E-state index contributed by atoms with van der Waals surface area (Å²) in [7, 11) is 0. The Morgan fingerprint density at radius 1 is 1.12 bits per heavy atom. The number of carboxylic acid groups (broad SMARTS) is 1. The van der Waals surface area contributed by atoms with Crippen LogP contribution in [0.15, 0.2) is 46.9 Å². The fraction of sp³-hybridized carbons (Fsp3) is 0.0714. The molecule has 0 bridgehead atoms. The molecule has 0 saturated heterocycles. The first-order valence-corrected chi connectivity index (χ1v) is 5.28. The summed E-state index contributed by atoms with van der Waals surface area (Å²) in [6, 6.07) is 13.3. The Labute approximate surface area is 99.0 Å². The number of hydrogen-bond acceptors (Lipinski definition) is 2. The lowest BCUT2D eigenvalue weighted by Crippen LogP contribution is -1.97. The van der Waals surface area contributed by atoms with Crippen molar-refractivity contribution in [1.82, 2.24) is 0 Å². The SMILES string of the molecule is O=C(O)Cc1ccc(/C=C/c2ccccc2)o1. The molecular weight excluding hydrogens is 216 g/mol. The molecule has 0 amide bonds. The number of hydrogen-bond donors (Lipinski definition) is 1. The van der Waals surface area contributed by atoms with Gasteiger partial charge in [-0.05, 0) is 23.8 Å². The van der Waals surface area contributed by atoms with Crippen LogP contribution < -0.4 is 0 Å². The molecule has 86 valence electrons. The maximum absolute atomic E-state index is 10.5. The van der Waals surface area contributed by atoms with Crippen molar-refractivity contribution >= 4 is 18.1 Å². The summed E-state index contributed by atoms with van der Waals surface area (Å²) in [5.41, 5.74) is 1.07. The van der Waals surface area contributed by atoms with E-state index < -0.39 is 5.97 Å². The van der Waals surface area contributed by atoms with E-state index in [1.165, 1.54) is 0 Å². The van der Waals surface area contributed by atoms with E-state index in [-0.39, 0.29) is 6.42 Å². The number of aliphatic carboxylic acids is 1. The van der Waals surface area contributed by atoms with Crippen LogP contribution in [0.3, 0.4) is 0 Å². The highest BCUT2D eigenvalue weighted by atomic mass is 16.4. The number of benzene rings is 1. The van der Waals surface area contributed by atoms with E-state index in [2.05, 4.69) is 0 Å². The molecule has 17 heavy (non-hydrogen) atoms. The van der Waals surface area contributed by atoms with Crippen LogP contribution in [0.2, 0.25) is 0 Å². The average Bonchev–Trinajstić information content (AvgIpc) is 2.75. The molecule has 1 aromatic heterocycles. The van der Waals surface area contributed by atoms with Crippen molar-refractivity contribution in [3.05, 3.63) is 59.5 Å². The summed E-state index contributed by atoms with van der Waals surface area (Å²) in [5, 5.41) is 8.61. The predicted molar refractivity (Wildman–Crippen MR) is 65.4 cm³/mol. The topological polar surface area (TPSA) is 50.4 Å². The third kappa shape index (κ3) is 3.34. The van der Waals surface area contributed by atoms with Gasteiger partial charge < -0.3 is 9.52 Å². The molecule has 0 unspecified atom stereocenters. The third-order valence-corrected chi connectivity index (χ3v) is 2.25. The molecule has 3 heteroatoms. The number of furan rings is 1. The lowest BCUT2D eigenvalue weighted by atomic mass is 10.2. The van der Waals surface area contributed by atoms with Crippen LogP contribution in [-0.4, -0.2) is 11.1 Å². The standard InChI is InChI=1S/C14H12O3/c15-14(16)10-13-9-8-12(17-13)7-6-11-4-2-1-3-5-11/h1-9H,10H2,(H,15,16)/b7-6+. The molecule has 0 saturated carbocycles. The zero-order valence-corrected chi connectivity index (χ0v) is 9.17. The van der Waals surface area contributed by atoms with E-state index in [0.29, 0.717) is 11.5 Å². The van der Waals surface area contributed by atoms with Crippen LogP contribution in [-0.2, 0) is 11.2 Å². The molecule has 1 heterocycles. The van der Waals surface area contributed by atoms with Crippen molar-refractivity contribution < 1.29 is 14.3 Å². The predicted octanol–water partition coefficient (Wildman–Crippen LogP) is 3.08. The Hall–Kier alpha value is -2.29. The molecule has 0 spiro atoms. The van der Waals surface area contributed by atoms with Crippen molar-refractivity contribution in [3.8, 4) is 0 Å². The Kier molecular flexibility index (Phi) is 3.40. The van der Waals surface area contributed by atoms with Gasteiger partial charge in [0.15, 0.2) is 0 Å². The van der Waals surface area contributed by atoms with Crippen molar-refractivity contribution in [1.29, 1.82) is 0 Å². The molecule has 0 aliphatic heterocycles. The highest BCUT2D eigenvalue weighted by molar-refractivity contribution is 5.70. The molecule has 0 aliphatic carbocycles. The van der Waals surface area contributed by atoms with Crippen LogP contribution in [0.25, 0.3) is 12.2 Å². The first kappa shape index (κ1) is 11.2. The van der Waals surface area contributed by atoms with Gasteiger partial charge in [0.25, 0.3) is 0 Å². The molecule has 2 rings (SSSR count). The van der Waals surface area contributed by atoms with Gasteiger partial charge in [-0.25, -0.2) is 0 Å². The summed E-state index contributed by atoms with van der Waals surface area (Å²) < 4.78 is 5.35. The number of carboxylic acids is 1. The molecule has 0 atom stereocenters. The monoisotopic (exact) mass is 228 g/mol. The van der Waals surface area contributed by atoms with Gasteiger partial charge in [0.05, 0.1) is 0 Å². The van der Waals surface area contributed by atoms with Gasteiger partial charge in [-0.15, -0.1) is 0 Å². The Bertz CT molecular complexity index is 523. The maximum Gasteiger partial charge on any atom is 0.311 e. The zero-order valence-electron chi connectivity index (χ0n) is 9.17. The Morgan fingerprint density at radius 3 is 2.59 bits per heavy atom. The van der Waals surface area contributed by atoms with Gasteiger partial charge in [-0.3, -0.25) is 4.79 Å². The van der Waals surface area contributed by atoms with Crippen LogP contribution in [0, 0.1) is 0 Å². The van der Waals surface area contributed by atoms with E-state index in [4.69, 9.17) is 9.52 Å². The average molecular weight is 228 g/mol. The van der Waals surface area contributed by atoms with Gasteiger partial charge in [0.1, 0.15) is 17.9 Å². The van der Waals surface area contributed by atoms with E-state index in [0.717, 1.165) is 5.56 Å². The van der Waals surface area contributed by atoms with Crippen LogP contribution in [0.1, 0.15) is 17.1 Å². The van der Waals surface area contributed by atoms with Crippen LogP contribution in [0.4, 0.5) is 0 Å². The minimum Gasteiger partial charge on any atom is -0.481 e. The summed E-state index contributed by atoms with van der Waals surface area (Å²) in [6.45, 7) is 0. The second-order valence-electron chi connectivity index (χ2n) is 3.62. The normalized spacial score (nSPS) is 10.8. The van der Waals surface area contributed by atoms with Gasteiger partial charge >= 0.3 is 5.97 Å². The fourth-order valence-electron chi connectivity index (χ4n) is 1.47. The highest BCUT2D eigenvalue weighted by Crippen LogP contribution is 2.12. The molecule has 1 aromatic carbocycles. The summed E-state index contributed by atoms with van der Waals surface area (Å²) in [6.07, 6.45) is 3.66. The molecule has 0 radical (unpaired) electrons. The van der Waals surface area contributed by atoms with Gasteiger partial charge in [-0.1, -0.05) is 36.4 Å². The summed E-state index contributed by atoms with van der Waals surface area (Å²) >= 11 is 0. The zero-order chi connectivity index (χ0) is 12.1. The van der Waals surface area contributed by atoms with Crippen LogP contribution in [0.5, 0.6) is 0 Å². The maximum atomic E-state index is 10.5. The molecule has 0 fully saturated rings. The highest BCUT2D eigenvalue weighted by Gasteiger charge is 2.04. The van der Waals surface area contributed by atoms with Crippen molar-refractivity contribution in [3.63, 3.8) is 0 Å². The lowest BCUT2D eigenvalue weighted by Gasteiger charge is -1.91. The van der Waals surface area contributed by atoms with Gasteiger partial charge in [-0.2, -0.15) is 0 Å². The molecular formula is C14H12O3. The largest absolute Gasteiger partial charge is 0.481 e. The van der Waals surface area contributed by atoms with Gasteiger partial charge in [0.2, 0.25) is 0 Å². The quantitative estimate of drug-likeness (QED) is 0.874. The van der Waals surface area contributed by atoms with Crippen molar-refractivity contribution in [2.45, 2.75) is 6.42 Å². The minimum atomic E-state index is -0.891. The Balaban J connectivity index is 2.06. The van der Waals surface area contributed by atoms with E-state index in [9.17, 15) is 4.79 Å². The van der Waals surface area contributed by atoms with E-state index in [1.807, 2.05) is 42.5 Å². The minimum absolute atomic E-state index is 0.0841. The third-order valence-electron chi connectivity index (χ3n) is 2.25. The number of carbonyl (C=O) groups is 1.